The molecule has 0 unspecified atom stereocenters. The number of hydrogen-bond donors (Lipinski definition) is 0. The highest BCUT2D eigenvalue weighted by Gasteiger charge is 2.29. The molecule has 0 atom stereocenters. The van der Waals surface area contributed by atoms with Crippen molar-refractivity contribution in [1.29, 1.82) is 0 Å². The van der Waals surface area contributed by atoms with Crippen molar-refractivity contribution in [3.8, 4) is 0 Å². The Kier molecular flexibility index (Phi) is 4.21. The van der Waals surface area contributed by atoms with E-state index in [4.69, 9.17) is 11.6 Å². The van der Waals surface area contributed by atoms with Gasteiger partial charge in [0.2, 0.25) is 0 Å². The van der Waals surface area contributed by atoms with Gasteiger partial charge in [-0.1, -0.05) is 29.8 Å². The summed E-state index contributed by atoms with van der Waals surface area (Å²) >= 11 is 6.94. The zero-order valence-corrected chi connectivity index (χ0v) is 13.7. The van der Waals surface area contributed by atoms with Crippen molar-refractivity contribution in [2.75, 3.05) is 31.1 Å². The highest BCUT2D eigenvalue weighted by atomic mass is 35.5. The van der Waals surface area contributed by atoms with Crippen LogP contribution in [0.3, 0.4) is 0 Å². The van der Waals surface area contributed by atoms with Gasteiger partial charge in [-0.25, -0.2) is 8.42 Å². The first-order chi connectivity index (χ1) is 10.1. The number of sulfonamides is 1. The molecule has 1 aromatic heterocycles. The molecular formula is C14H15ClN2O2S2. The molecule has 0 bridgehead atoms. The lowest BCUT2D eigenvalue weighted by atomic mass is 10.2. The number of anilines is 1. The number of hydrogen-bond acceptors (Lipinski definition) is 4. The number of rotatable bonds is 3. The van der Waals surface area contributed by atoms with Crippen molar-refractivity contribution in [3.63, 3.8) is 0 Å². The largest absolute Gasteiger partial charge is 0.369 e. The minimum Gasteiger partial charge on any atom is -0.369 e. The van der Waals surface area contributed by atoms with Crippen LogP contribution in [0.4, 0.5) is 5.69 Å². The summed E-state index contributed by atoms with van der Waals surface area (Å²) in [6.07, 6.45) is 0. The minimum absolute atomic E-state index is 0.320. The third-order valence-corrected chi connectivity index (χ3v) is 7.10. The minimum atomic E-state index is -3.41. The van der Waals surface area contributed by atoms with Crippen LogP contribution in [0.1, 0.15) is 0 Å². The normalized spacial score (nSPS) is 17.1. The molecule has 1 aliphatic heterocycles. The van der Waals surface area contributed by atoms with Gasteiger partial charge in [0.15, 0.2) is 0 Å². The summed E-state index contributed by atoms with van der Waals surface area (Å²) in [5.41, 5.74) is 1.13. The molecule has 1 fully saturated rings. The van der Waals surface area contributed by atoms with Crippen LogP contribution in [-0.2, 0) is 10.0 Å². The zero-order valence-electron chi connectivity index (χ0n) is 11.3. The Morgan fingerprint density at radius 2 is 1.62 bits per heavy atom. The van der Waals surface area contributed by atoms with E-state index < -0.39 is 10.0 Å². The maximum absolute atomic E-state index is 12.5. The molecule has 21 heavy (non-hydrogen) atoms. The van der Waals surface area contributed by atoms with Crippen LogP contribution in [-0.4, -0.2) is 38.9 Å². The molecule has 0 aliphatic carbocycles. The molecule has 0 radical (unpaired) electrons. The van der Waals surface area contributed by atoms with Gasteiger partial charge in [0.05, 0.1) is 4.34 Å². The monoisotopic (exact) mass is 342 g/mol. The summed E-state index contributed by atoms with van der Waals surface area (Å²) in [5.74, 6) is 0. The molecule has 4 nitrogen and oxygen atoms in total. The number of para-hydroxylation sites is 1. The van der Waals surface area contributed by atoms with Gasteiger partial charge < -0.3 is 4.90 Å². The van der Waals surface area contributed by atoms with E-state index >= 15 is 0 Å². The molecule has 0 N–H and O–H groups in total. The molecule has 1 aliphatic rings. The van der Waals surface area contributed by atoms with E-state index in [2.05, 4.69) is 4.90 Å². The van der Waals surface area contributed by atoms with E-state index in [9.17, 15) is 8.42 Å². The Labute approximate surface area is 133 Å². The molecule has 0 saturated carbocycles. The van der Waals surface area contributed by atoms with Gasteiger partial charge in [0.1, 0.15) is 4.21 Å². The Morgan fingerprint density at radius 3 is 2.19 bits per heavy atom. The van der Waals surface area contributed by atoms with Crippen molar-refractivity contribution in [3.05, 3.63) is 46.8 Å². The number of benzene rings is 1. The fourth-order valence-corrected chi connectivity index (χ4v) is 5.45. The second-order valence-corrected chi connectivity index (χ2v) is 8.67. The molecule has 112 valence electrons. The second kappa shape index (κ2) is 5.96. The van der Waals surface area contributed by atoms with E-state index in [0.29, 0.717) is 34.7 Å². The molecule has 3 rings (SSSR count). The lowest BCUT2D eigenvalue weighted by Gasteiger charge is -2.35. The average Bonchev–Trinajstić information content (AvgIpc) is 2.96. The van der Waals surface area contributed by atoms with Crippen LogP contribution in [0.2, 0.25) is 4.34 Å². The van der Waals surface area contributed by atoms with Gasteiger partial charge in [-0.2, -0.15) is 4.31 Å². The van der Waals surface area contributed by atoms with Crippen LogP contribution in [0.5, 0.6) is 0 Å². The van der Waals surface area contributed by atoms with Gasteiger partial charge in [-0.3, -0.25) is 0 Å². The number of nitrogens with zero attached hydrogens (tertiary/aromatic N) is 2. The summed E-state index contributed by atoms with van der Waals surface area (Å²) in [6, 6.07) is 13.3. The summed E-state index contributed by atoms with van der Waals surface area (Å²) in [5, 5.41) is 0. The molecule has 1 saturated heterocycles. The van der Waals surface area contributed by atoms with E-state index in [1.807, 2.05) is 30.3 Å². The van der Waals surface area contributed by atoms with Crippen molar-refractivity contribution in [2.24, 2.45) is 0 Å². The standard InChI is InChI=1S/C14H15ClN2O2S2/c15-13-6-7-14(20-13)21(18,19)17-10-8-16(9-11-17)12-4-2-1-3-5-12/h1-7H,8-11H2. The van der Waals surface area contributed by atoms with Crippen LogP contribution < -0.4 is 4.90 Å². The van der Waals surface area contributed by atoms with Crippen LogP contribution in [0.25, 0.3) is 0 Å². The predicted octanol–water partition coefficient (Wildman–Crippen LogP) is 2.91. The fraction of sp³-hybridized carbons (Fsp3) is 0.286. The van der Waals surface area contributed by atoms with Gasteiger partial charge in [0.25, 0.3) is 10.0 Å². The maximum atomic E-state index is 12.5. The van der Waals surface area contributed by atoms with Crippen molar-refractivity contribution >= 4 is 38.6 Å². The summed E-state index contributed by atoms with van der Waals surface area (Å²) in [6.45, 7) is 2.38. The summed E-state index contributed by atoms with van der Waals surface area (Å²) in [7, 11) is -3.41. The van der Waals surface area contributed by atoms with Gasteiger partial charge in [0, 0.05) is 31.9 Å². The van der Waals surface area contributed by atoms with Crippen LogP contribution in [0, 0.1) is 0 Å². The van der Waals surface area contributed by atoms with Gasteiger partial charge in [-0.15, -0.1) is 11.3 Å². The van der Waals surface area contributed by atoms with Crippen molar-refractivity contribution in [1.82, 2.24) is 4.31 Å². The highest BCUT2D eigenvalue weighted by Crippen LogP contribution is 2.29. The molecule has 2 heterocycles. The summed E-state index contributed by atoms with van der Waals surface area (Å²) in [4.78, 5) is 2.20. The first-order valence-corrected chi connectivity index (χ1v) is 9.26. The fourth-order valence-electron chi connectivity index (χ4n) is 2.39. The quantitative estimate of drug-likeness (QED) is 0.861. The molecular weight excluding hydrogens is 328 g/mol. The molecule has 7 heteroatoms. The molecule has 0 amide bonds. The highest BCUT2D eigenvalue weighted by molar-refractivity contribution is 7.91. The average molecular weight is 343 g/mol. The Hall–Kier alpha value is -1.08. The van der Waals surface area contributed by atoms with Crippen LogP contribution >= 0.6 is 22.9 Å². The van der Waals surface area contributed by atoms with Gasteiger partial charge >= 0.3 is 0 Å². The van der Waals surface area contributed by atoms with E-state index in [1.165, 1.54) is 4.31 Å². The zero-order chi connectivity index (χ0) is 14.9. The van der Waals surface area contributed by atoms with Crippen LogP contribution in [0.15, 0.2) is 46.7 Å². The van der Waals surface area contributed by atoms with Crippen molar-refractivity contribution < 1.29 is 8.42 Å². The lowest BCUT2D eigenvalue weighted by Crippen LogP contribution is -2.48. The van der Waals surface area contributed by atoms with E-state index in [-0.39, 0.29) is 0 Å². The Bertz CT molecular complexity index is 708. The maximum Gasteiger partial charge on any atom is 0.252 e. The van der Waals surface area contributed by atoms with E-state index in [1.54, 1.807) is 12.1 Å². The summed E-state index contributed by atoms with van der Waals surface area (Å²) < 4.78 is 27.4. The number of halogens is 1. The predicted molar refractivity (Wildman–Crippen MR) is 86.7 cm³/mol. The smallest absolute Gasteiger partial charge is 0.252 e. The first-order valence-electron chi connectivity index (χ1n) is 6.63. The number of thiophene rings is 1. The Morgan fingerprint density at radius 1 is 0.952 bits per heavy atom. The topological polar surface area (TPSA) is 40.6 Å². The number of piperazine rings is 1. The van der Waals surface area contributed by atoms with Crippen molar-refractivity contribution in [2.45, 2.75) is 4.21 Å². The lowest BCUT2D eigenvalue weighted by molar-refractivity contribution is 0.386. The molecule has 2 aromatic rings. The third-order valence-electron chi connectivity index (χ3n) is 3.50. The SMILES string of the molecule is O=S(=O)(c1ccc(Cl)s1)N1CCN(c2ccccc2)CC1. The van der Waals surface area contributed by atoms with Gasteiger partial charge in [-0.05, 0) is 24.3 Å². The first kappa shape index (κ1) is 14.8. The second-order valence-electron chi connectivity index (χ2n) is 4.79. The molecule has 1 aromatic carbocycles. The van der Waals surface area contributed by atoms with E-state index in [0.717, 1.165) is 17.0 Å². The Balaban J connectivity index is 1.71. The molecule has 0 spiro atoms. The third kappa shape index (κ3) is 3.08.